The van der Waals surface area contributed by atoms with Crippen LogP contribution in [0.25, 0.3) is 0 Å². The molecular weight excluding hydrogens is 170 g/mol. The van der Waals surface area contributed by atoms with Gasteiger partial charge in [0.2, 0.25) is 0 Å². The minimum Gasteiger partial charge on any atom is -0.306 e. The van der Waals surface area contributed by atoms with Gasteiger partial charge in [-0.05, 0) is 31.8 Å². The molecule has 2 fully saturated rings. The van der Waals surface area contributed by atoms with E-state index in [-0.39, 0.29) is 0 Å². The third kappa shape index (κ3) is 3.27. The molecule has 0 N–H and O–H groups in total. The first-order valence-corrected chi connectivity index (χ1v) is 6.55. The van der Waals surface area contributed by atoms with Crippen LogP contribution in [0.3, 0.4) is 0 Å². The van der Waals surface area contributed by atoms with E-state index in [4.69, 9.17) is 0 Å². The second kappa shape index (κ2) is 6.44. The number of hydrogen-bond acceptors (Lipinski definition) is 1. The Labute approximate surface area is 89.9 Å². The van der Waals surface area contributed by atoms with Gasteiger partial charge in [0.1, 0.15) is 0 Å². The summed E-state index contributed by atoms with van der Waals surface area (Å²) in [6, 6.07) is 0. The minimum atomic E-state index is 1.05. The lowest BCUT2D eigenvalue weighted by atomic mass is 9.80. The Morgan fingerprint density at radius 2 is 1.50 bits per heavy atom. The van der Waals surface area contributed by atoms with Gasteiger partial charge in [-0.1, -0.05) is 46.0 Å². The van der Waals surface area contributed by atoms with E-state index in [9.17, 15) is 0 Å². The Hall–Kier alpha value is -0.0400. The Kier molecular flexibility index (Phi) is 5.54. The maximum Gasteiger partial charge on any atom is 0.000973 e. The highest BCUT2D eigenvalue weighted by Gasteiger charge is 2.28. The van der Waals surface area contributed by atoms with Crippen LogP contribution in [0.1, 0.15) is 52.4 Å². The van der Waals surface area contributed by atoms with Crippen LogP contribution in [-0.2, 0) is 0 Å². The van der Waals surface area contributed by atoms with Crippen molar-refractivity contribution in [3.63, 3.8) is 0 Å². The molecule has 1 unspecified atom stereocenters. The lowest BCUT2D eigenvalue weighted by Crippen LogP contribution is -2.21. The molecule has 1 heteroatoms. The van der Waals surface area contributed by atoms with Gasteiger partial charge in [-0.3, -0.25) is 0 Å². The van der Waals surface area contributed by atoms with Crippen molar-refractivity contribution in [3.8, 4) is 0 Å². The molecule has 0 amide bonds. The molecule has 0 radical (unpaired) electrons. The predicted molar refractivity (Wildman–Crippen MR) is 63.5 cm³/mol. The normalized spacial score (nSPS) is 29.8. The predicted octanol–water partition coefficient (Wildman–Crippen LogP) is 3.54. The Morgan fingerprint density at radius 1 is 0.857 bits per heavy atom. The summed E-state index contributed by atoms with van der Waals surface area (Å²) in [5.41, 5.74) is 0. The average Bonchev–Trinajstić information content (AvgIpc) is 2.69. The maximum absolute atomic E-state index is 2.50. The van der Waals surface area contributed by atoms with E-state index >= 15 is 0 Å². The lowest BCUT2D eigenvalue weighted by molar-refractivity contribution is 0.247. The summed E-state index contributed by atoms with van der Waals surface area (Å²) in [5, 5.41) is 0. The number of rotatable bonds is 1. The van der Waals surface area contributed by atoms with Crippen LogP contribution < -0.4 is 0 Å². The molecule has 0 aromatic carbocycles. The second-order valence-corrected chi connectivity index (χ2v) is 4.71. The second-order valence-electron chi connectivity index (χ2n) is 4.71. The molecule has 1 saturated heterocycles. The summed E-state index contributed by atoms with van der Waals surface area (Å²) < 4.78 is 0. The van der Waals surface area contributed by atoms with Crippen LogP contribution in [-0.4, -0.2) is 25.0 Å². The molecule has 0 aromatic heterocycles. The van der Waals surface area contributed by atoms with E-state index in [0.29, 0.717) is 0 Å². The highest BCUT2D eigenvalue weighted by atomic mass is 15.1. The number of hydrogen-bond donors (Lipinski definition) is 0. The van der Waals surface area contributed by atoms with Crippen LogP contribution in [0.5, 0.6) is 0 Å². The summed E-state index contributed by atoms with van der Waals surface area (Å²) in [4.78, 5) is 2.50. The van der Waals surface area contributed by atoms with Crippen molar-refractivity contribution in [2.24, 2.45) is 11.8 Å². The Balaban J connectivity index is 0.000000461. The quantitative estimate of drug-likeness (QED) is 0.621. The van der Waals surface area contributed by atoms with Crippen molar-refractivity contribution in [1.29, 1.82) is 0 Å². The van der Waals surface area contributed by atoms with Gasteiger partial charge in [-0.2, -0.15) is 0 Å². The van der Waals surface area contributed by atoms with E-state index in [1.165, 1.54) is 51.6 Å². The van der Waals surface area contributed by atoms with Gasteiger partial charge >= 0.3 is 0 Å². The first-order chi connectivity index (χ1) is 6.86. The maximum atomic E-state index is 2.50. The summed E-state index contributed by atoms with van der Waals surface area (Å²) in [6.07, 6.45) is 9.03. The van der Waals surface area contributed by atoms with Gasteiger partial charge in [0.05, 0.1) is 0 Å². The lowest BCUT2D eigenvalue weighted by Gasteiger charge is -2.27. The fraction of sp³-hybridized carbons (Fsp3) is 1.00. The van der Waals surface area contributed by atoms with Crippen molar-refractivity contribution in [2.75, 3.05) is 20.1 Å². The van der Waals surface area contributed by atoms with Crippen molar-refractivity contribution in [1.82, 2.24) is 4.90 Å². The molecule has 2 rings (SSSR count). The average molecular weight is 197 g/mol. The molecule has 14 heavy (non-hydrogen) atoms. The Morgan fingerprint density at radius 3 is 2.00 bits per heavy atom. The molecular formula is C13H27N. The van der Waals surface area contributed by atoms with Crippen LogP contribution in [0.4, 0.5) is 0 Å². The van der Waals surface area contributed by atoms with Gasteiger partial charge in [-0.25, -0.2) is 0 Å². The van der Waals surface area contributed by atoms with Gasteiger partial charge in [0.15, 0.2) is 0 Å². The van der Waals surface area contributed by atoms with Gasteiger partial charge in [0.25, 0.3) is 0 Å². The first kappa shape index (κ1) is 12.0. The van der Waals surface area contributed by atoms with Crippen LogP contribution in [0.2, 0.25) is 0 Å². The molecule has 84 valence electrons. The number of likely N-dealkylation sites (tertiary alicyclic amines) is 1. The van der Waals surface area contributed by atoms with Gasteiger partial charge in [-0.15, -0.1) is 0 Å². The van der Waals surface area contributed by atoms with E-state index < -0.39 is 0 Å². The summed E-state index contributed by atoms with van der Waals surface area (Å²) >= 11 is 0. The molecule has 1 saturated carbocycles. The topological polar surface area (TPSA) is 3.24 Å². The van der Waals surface area contributed by atoms with Crippen molar-refractivity contribution >= 4 is 0 Å². The van der Waals surface area contributed by atoms with Crippen molar-refractivity contribution in [2.45, 2.75) is 52.4 Å². The van der Waals surface area contributed by atoms with Gasteiger partial charge < -0.3 is 4.90 Å². The van der Waals surface area contributed by atoms with Crippen molar-refractivity contribution in [3.05, 3.63) is 0 Å². The largest absolute Gasteiger partial charge is 0.306 e. The van der Waals surface area contributed by atoms with E-state index in [0.717, 1.165) is 11.8 Å². The van der Waals surface area contributed by atoms with Gasteiger partial charge in [0, 0.05) is 6.54 Å². The molecule has 1 nitrogen and oxygen atoms in total. The third-order valence-electron chi connectivity index (χ3n) is 3.74. The van der Waals surface area contributed by atoms with E-state index in [2.05, 4.69) is 11.9 Å². The highest BCUT2D eigenvalue weighted by Crippen LogP contribution is 2.34. The SMILES string of the molecule is CC.CN1CCC(C2CCCCC2)C1. The molecule has 1 aliphatic heterocycles. The highest BCUT2D eigenvalue weighted by molar-refractivity contribution is 4.81. The zero-order chi connectivity index (χ0) is 10.4. The minimum absolute atomic E-state index is 1.05. The first-order valence-electron chi connectivity index (χ1n) is 6.55. The molecule has 1 aliphatic carbocycles. The zero-order valence-electron chi connectivity index (χ0n) is 10.3. The molecule has 0 spiro atoms. The molecule has 1 heterocycles. The Bertz CT molecular complexity index is 135. The number of nitrogens with zero attached hydrogens (tertiary/aromatic N) is 1. The molecule has 1 atom stereocenters. The summed E-state index contributed by atoms with van der Waals surface area (Å²) in [5.74, 6) is 2.14. The molecule has 2 aliphatic rings. The summed E-state index contributed by atoms with van der Waals surface area (Å²) in [6.45, 7) is 6.73. The zero-order valence-corrected chi connectivity index (χ0v) is 10.3. The third-order valence-corrected chi connectivity index (χ3v) is 3.74. The molecule has 0 bridgehead atoms. The standard InChI is InChI=1S/C11H21N.C2H6/c1-12-8-7-11(9-12)10-5-3-2-4-6-10;1-2/h10-11H,2-9H2,1H3;1-2H3. The van der Waals surface area contributed by atoms with E-state index in [1.54, 1.807) is 0 Å². The smallest absolute Gasteiger partial charge is 0.000973 e. The van der Waals surface area contributed by atoms with Crippen LogP contribution in [0, 0.1) is 11.8 Å². The monoisotopic (exact) mass is 197 g/mol. The molecule has 0 aromatic rings. The fourth-order valence-corrected chi connectivity index (χ4v) is 2.96. The van der Waals surface area contributed by atoms with Crippen molar-refractivity contribution < 1.29 is 0 Å². The van der Waals surface area contributed by atoms with E-state index in [1.807, 2.05) is 13.8 Å². The summed E-state index contributed by atoms with van der Waals surface area (Å²) in [7, 11) is 2.27. The van der Waals surface area contributed by atoms with Crippen LogP contribution in [0.15, 0.2) is 0 Å². The fourth-order valence-electron chi connectivity index (χ4n) is 2.96. The van der Waals surface area contributed by atoms with Crippen LogP contribution >= 0.6 is 0 Å².